The van der Waals surface area contributed by atoms with Gasteiger partial charge in [0.15, 0.2) is 11.6 Å². The van der Waals surface area contributed by atoms with Gasteiger partial charge >= 0.3 is 0 Å². The van der Waals surface area contributed by atoms with Gasteiger partial charge in [-0.25, -0.2) is 4.39 Å². The molecule has 4 heteroatoms. The van der Waals surface area contributed by atoms with Crippen molar-refractivity contribution in [1.82, 2.24) is 0 Å². The minimum atomic E-state index is -1.06. The van der Waals surface area contributed by atoms with Crippen molar-refractivity contribution in [3.63, 3.8) is 0 Å². The van der Waals surface area contributed by atoms with E-state index in [2.05, 4.69) is 0 Å². The van der Waals surface area contributed by atoms with Crippen LogP contribution in [0.2, 0.25) is 5.02 Å². The van der Waals surface area contributed by atoms with E-state index >= 15 is 0 Å². The minimum absolute atomic E-state index is 0.186. The van der Waals surface area contributed by atoms with Crippen LogP contribution in [0.5, 0.6) is 5.75 Å². The molecule has 70 valence electrons. The van der Waals surface area contributed by atoms with Crippen LogP contribution in [0.15, 0.2) is 12.1 Å². The summed E-state index contributed by atoms with van der Waals surface area (Å²) in [4.78, 5) is 0. The van der Waals surface area contributed by atoms with Gasteiger partial charge in [-0.3, -0.25) is 0 Å². The third-order valence-electron chi connectivity index (χ3n) is 2.25. The van der Waals surface area contributed by atoms with Gasteiger partial charge < -0.3 is 10.2 Å². The van der Waals surface area contributed by atoms with Crippen molar-refractivity contribution < 1.29 is 14.6 Å². The molecule has 2 rings (SSSR count). The first-order valence-corrected chi connectivity index (χ1v) is 4.31. The quantitative estimate of drug-likeness (QED) is 0.733. The number of halogens is 2. The number of rotatable bonds is 1. The van der Waals surface area contributed by atoms with Gasteiger partial charge in [-0.15, -0.1) is 0 Å². The third-order valence-corrected chi connectivity index (χ3v) is 2.47. The number of benzene rings is 1. The fraction of sp³-hybridized carbons (Fsp3) is 0.333. The second kappa shape index (κ2) is 2.59. The summed E-state index contributed by atoms with van der Waals surface area (Å²) in [6.07, 6.45) is 1.08. The summed E-state index contributed by atoms with van der Waals surface area (Å²) >= 11 is 5.59. The van der Waals surface area contributed by atoms with E-state index in [4.69, 9.17) is 11.6 Å². The highest BCUT2D eigenvalue weighted by molar-refractivity contribution is 6.30. The lowest BCUT2D eigenvalue weighted by atomic mass is 10.1. The predicted octanol–water partition coefficient (Wildman–Crippen LogP) is 2.17. The molecule has 0 aliphatic heterocycles. The Morgan fingerprint density at radius 2 is 2.00 bits per heavy atom. The zero-order chi connectivity index (χ0) is 9.64. The molecular formula is C9H8ClFO2. The highest BCUT2D eigenvalue weighted by atomic mass is 35.5. The molecule has 1 aliphatic carbocycles. The van der Waals surface area contributed by atoms with Crippen molar-refractivity contribution >= 4 is 11.6 Å². The number of phenolic OH excluding ortho intramolecular Hbond substituents is 1. The molecule has 1 aromatic carbocycles. The van der Waals surface area contributed by atoms with Gasteiger partial charge in [0.1, 0.15) is 0 Å². The van der Waals surface area contributed by atoms with Crippen LogP contribution >= 0.6 is 11.6 Å². The van der Waals surface area contributed by atoms with Gasteiger partial charge in [0.05, 0.1) is 5.60 Å². The number of aliphatic hydroxyl groups is 1. The van der Waals surface area contributed by atoms with Gasteiger partial charge in [0.25, 0.3) is 0 Å². The zero-order valence-electron chi connectivity index (χ0n) is 6.72. The fourth-order valence-corrected chi connectivity index (χ4v) is 1.51. The lowest BCUT2D eigenvalue weighted by molar-refractivity contribution is 0.147. The standard InChI is InChI=1S/C9H8ClFO2/c10-5-3-6(9(13)1-2-9)8(12)7(11)4-5/h3-4,12-13H,1-2H2. The lowest BCUT2D eigenvalue weighted by Crippen LogP contribution is -2.05. The summed E-state index contributed by atoms with van der Waals surface area (Å²) in [5, 5.41) is 19.1. The first kappa shape index (κ1) is 8.78. The molecular weight excluding hydrogens is 195 g/mol. The highest BCUT2D eigenvalue weighted by Gasteiger charge is 2.44. The zero-order valence-corrected chi connectivity index (χ0v) is 7.48. The molecule has 1 aromatic rings. The minimum Gasteiger partial charge on any atom is -0.505 e. The molecule has 0 saturated heterocycles. The number of phenols is 1. The van der Waals surface area contributed by atoms with Gasteiger partial charge in [-0.05, 0) is 25.0 Å². The number of aromatic hydroxyl groups is 1. The summed E-state index contributed by atoms with van der Waals surface area (Å²) in [5.41, 5.74) is -0.868. The second-order valence-electron chi connectivity index (χ2n) is 3.32. The highest BCUT2D eigenvalue weighted by Crippen LogP contribution is 2.49. The largest absolute Gasteiger partial charge is 0.505 e. The molecule has 1 aliphatic rings. The SMILES string of the molecule is Oc1c(F)cc(Cl)cc1C1(O)CC1. The molecule has 0 unspecified atom stereocenters. The molecule has 0 atom stereocenters. The summed E-state index contributed by atoms with van der Waals surface area (Å²) in [7, 11) is 0. The smallest absolute Gasteiger partial charge is 0.166 e. The van der Waals surface area contributed by atoms with Crippen LogP contribution in [0.25, 0.3) is 0 Å². The summed E-state index contributed by atoms with van der Waals surface area (Å²) < 4.78 is 13.0. The van der Waals surface area contributed by atoms with Crippen molar-refractivity contribution in [1.29, 1.82) is 0 Å². The molecule has 0 spiro atoms. The molecule has 0 bridgehead atoms. The molecule has 1 fully saturated rings. The first-order valence-electron chi connectivity index (χ1n) is 3.94. The van der Waals surface area contributed by atoms with Crippen LogP contribution in [-0.2, 0) is 5.60 Å². The number of hydrogen-bond acceptors (Lipinski definition) is 2. The van der Waals surface area contributed by atoms with E-state index in [1.807, 2.05) is 0 Å². The molecule has 1 saturated carbocycles. The van der Waals surface area contributed by atoms with E-state index in [0.717, 1.165) is 6.07 Å². The fourth-order valence-electron chi connectivity index (χ4n) is 1.31. The Bertz CT molecular complexity index is 361. The Labute approximate surface area is 79.6 Å². The maximum atomic E-state index is 13.0. The Hall–Kier alpha value is -0.800. The molecule has 0 radical (unpaired) electrons. The Morgan fingerprint density at radius 1 is 1.38 bits per heavy atom. The van der Waals surface area contributed by atoms with Crippen molar-refractivity contribution in [3.05, 3.63) is 28.5 Å². The molecule has 0 heterocycles. The van der Waals surface area contributed by atoms with Gasteiger partial charge in [-0.2, -0.15) is 0 Å². The first-order chi connectivity index (χ1) is 6.03. The monoisotopic (exact) mass is 202 g/mol. The molecule has 0 aromatic heterocycles. The van der Waals surface area contributed by atoms with Crippen molar-refractivity contribution in [2.24, 2.45) is 0 Å². The van der Waals surface area contributed by atoms with Crippen LogP contribution < -0.4 is 0 Å². The maximum Gasteiger partial charge on any atom is 0.166 e. The average molecular weight is 203 g/mol. The molecule has 0 amide bonds. The second-order valence-corrected chi connectivity index (χ2v) is 3.75. The van der Waals surface area contributed by atoms with Crippen LogP contribution in [0, 0.1) is 5.82 Å². The molecule has 13 heavy (non-hydrogen) atoms. The Balaban J connectivity index is 2.56. The van der Waals surface area contributed by atoms with E-state index in [0.29, 0.717) is 12.8 Å². The summed E-state index contributed by atoms with van der Waals surface area (Å²) in [5.74, 6) is -1.28. The van der Waals surface area contributed by atoms with Crippen LogP contribution in [0.4, 0.5) is 4.39 Å². The van der Waals surface area contributed by atoms with Gasteiger partial charge in [-0.1, -0.05) is 11.6 Å². The van der Waals surface area contributed by atoms with Gasteiger partial charge in [0, 0.05) is 10.6 Å². The van der Waals surface area contributed by atoms with E-state index in [1.165, 1.54) is 6.07 Å². The topological polar surface area (TPSA) is 40.5 Å². The Kier molecular flexibility index (Phi) is 1.75. The van der Waals surface area contributed by atoms with Crippen molar-refractivity contribution in [2.75, 3.05) is 0 Å². The van der Waals surface area contributed by atoms with Gasteiger partial charge in [0.2, 0.25) is 0 Å². The molecule has 2 N–H and O–H groups in total. The predicted molar refractivity (Wildman–Crippen MR) is 46.2 cm³/mol. The van der Waals surface area contributed by atoms with Crippen LogP contribution in [0.3, 0.4) is 0 Å². The molecule has 2 nitrogen and oxygen atoms in total. The normalized spacial score (nSPS) is 18.7. The average Bonchev–Trinajstić information content (AvgIpc) is 2.77. The van der Waals surface area contributed by atoms with E-state index < -0.39 is 17.2 Å². The summed E-state index contributed by atoms with van der Waals surface area (Å²) in [6, 6.07) is 2.42. The maximum absolute atomic E-state index is 13.0. The van der Waals surface area contributed by atoms with Crippen molar-refractivity contribution in [2.45, 2.75) is 18.4 Å². The number of hydrogen-bond donors (Lipinski definition) is 2. The van der Waals surface area contributed by atoms with E-state index in [9.17, 15) is 14.6 Å². The van der Waals surface area contributed by atoms with E-state index in [1.54, 1.807) is 0 Å². The Morgan fingerprint density at radius 3 is 2.54 bits per heavy atom. The van der Waals surface area contributed by atoms with Crippen molar-refractivity contribution in [3.8, 4) is 5.75 Å². The van der Waals surface area contributed by atoms with Crippen LogP contribution in [-0.4, -0.2) is 10.2 Å². The summed E-state index contributed by atoms with van der Waals surface area (Å²) in [6.45, 7) is 0. The van der Waals surface area contributed by atoms with E-state index in [-0.39, 0.29) is 10.6 Å². The lowest BCUT2D eigenvalue weighted by Gasteiger charge is -2.11. The van der Waals surface area contributed by atoms with Crippen LogP contribution in [0.1, 0.15) is 18.4 Å². The third kappa shape index (κ3) is 1.38.